The molecule has 19 nitrogen and oxygen atoms in total. The zero-order valence-electron chi connectivity index (χ0n) is 47.9. The number of nitrogens with one attached hydrogen (secondary N) is 1. The molecule has 0 radical (unpaired) electrons. The van der Waals surface area contributed by atoms with Crippen LogP contribution >= 0.6 is 0 Å². The lowest BCUT2D eigenvalue weighted by Gasteiger charge is -2.48. The first-order valence-electron chi connectivity index (χ1n) is 30.9. The molecule has 17 atom stereocenters. The van der Waals surface area contributed by atoms with E-state index in [-0.39, 0.29) is 18.9 Å². The zero-order chi connectivity index (χ0) is 56.9. The Morgan fingerprint density at radius 1 is 0.449 bits per heavy atom. The molecule has 3 aliphatic rings. The highest BCUT2D eigenvalue weighted by atomic mass is 16.8. The van der Waals surface area contributed by atoms with Gasteiger partial charge in [0.25, 0.3) is 0 Å². The Hall–Kier alpha value is -1.47. The third-order valence-electron chi connectivity index (χ3n) is 15.8. The number of aliphatic hydroxyl groups excluding tert-OH is 11. The minimum absolute atomic E-state index is 0.252. The lowest BCUT2D eigenvalue weighted by Crippen LogP contribution is -2.66. The smallest absolute Gasteiger partial charge is 0.220 e. The summed E-state index contributed by atoms with van der Waals surface area (Å²) in [4.78, 5) is 13.3. The van der Waals surface area contributed by atoms with Gasteiger partial charge in [0.2, 0.25) is 5.91 Å². The van der Waals surface area contributed by atoms with Gasteiger partial charge in [0, 0.05) is 6.42 Å². The van der Waals surface area contributed by atoms with Gasteiger partial charge in [-0.25, -0.2) is 0 Å². The van der Waals surface area contributed by atoms with E-state index in [0.29, 0.717) is 12.8 Å². The largest absolute Gasteiger partial charge is 0.394 e. The number of amides is 1. The number of hydrogen-bond acceptors (Lipinski definition) is 18. The number of ether oxygens (including phenoxy) is 6. The van der Waals surface area contributed by atoms with Gasteiger partial charge in [0.15, 0.2) is 18.9 Å². The standard InChI is InChI=1S/C59H111NO18/c1-3-5-7-9-11-13-15-16-17-18-19-20-21-22-23-24-25-27-28-30-32-34-36-43(64)42(60-47(65)37-35-33-31-29-26-14-12-10-8-6-4-2)41-73-57-53(71)50(68)55(45(39-62)75-57)78-59-54(72)51(69)56(46(40-63)76-59)77-58-52(70)49(67)48(66)44(38-61)74-58/h10,12,42-46,48-59,61-64,66-72H,3-9,11,13-41H2,1-2H3,(H,60,65)/b12-10-. The summed E-state index contributed by atoms with van der Waals surface area (Å²) in [6, 6.07) is -0.887. The lowest BCUT2D eigenvalue weighted by atomic mass is 9.96. The molecule has 0 aliphatic carbocycles. The number of carbonyl (C=O) groups excluding carboxylic acids is 1. The van der Waals surface area contributed by atoms with Crippen molar-refractivity contribution in [3.8, 4) is 0 Å². The Morgan fingerprint density at radius 2 is 0.821 bits per heavy atom. The highest BCUT2D eigenvalue weighted by molar-refractivity contribution is 5.76. The third kappa shape index (κ3) is 26.8. The summed E-state index contributed by atoms with van der Waals surface area (Å²) in [5.41, 5.74) is 0. The van der Waals surface area contributed by atoms with Gasteiger partial charge in [-0.05, 0) is 32.1 Å². The second-order valence-electron chi connectivity index (χ2n) is 22.5. The average Bonchev–Trinajstić information content (AvgIpc) is 3.46. The summed E-state index contributed by atoms with van der Waals surface area (Å²) >= 11 is 0. The van der Waals surface area contributed by atoms with Crippen LogP contribution in [0.15, 0.2) is 12.2 Å². The van der Waals surface area contributed by atoms with Crippen molar-refractivity contribution < 1.29 is 89.4 Å². The van der Waals surface area contributed by atoms with Gasteiger partial charge >= 0.3 is 0 Å². The highest BCUT2D eigenvalue weighted by Crippen LogP contribution is 2.33. The van der Waals surface area contributed by atoms with E-state index in [1.165, 1.54) is 128 Å². The molecule has 0 saturated carbocycles. The van der Waals surface area contributed by atoms with Crippen LogP contribution in [0.1, 0.15) is 226 Å². The summed E-state index contributed by atoms with van der Waals surface area (Å²) < 4.78 is 34.3. The number of rotatable bonds is 46. The summed E-state index contributed by atoms with van der Waals surface area (Å²) in [5, 5.41) is 120. The highest BCUT2D eigenvalue weighted by Gasteiger charge is 2.53. The van der Waals surface area contributed by atoms with Gasteiger partial charge in [0.05, 0.1) is 38.6 Å². The van der Waals surface area contributed by atoms with E-state index in [2.05, 4.69) is 31.3 Å². The van der Waals surface area contributed by atoms with Crippen molar-refractivity contribution in [1.82, 2.24) is 5.32 Å². The Kier molecular flexibility index (Phi) is 39.2. The van der Waals surface area contributed by atoms with Crippen LogP contribution in [0.5, 0.6) is 0 Å². The molecular weight excluding hydrogens is 1010 g/mol. The van der Waals surface area contributed by atoms with Crippen molar-refractivity contribution in [2.45, 2.75) is 330 Å². The van der Waals surface area contributed by atoms with Crippen LogP contribution in [0.25, 0.3) is 0 Å². The molecule has 0 aromatic carbocycles. The number of allylic oxidation sites excluding steroid dienone is 2. The molecule has 12 N–H and O–H groups in total. The van der Waals surface area contributed by atoms with Gasteiger partial charge in [-0.15, -0.1) is 0 Å². The van der Waals surface area contributed by atoms with E-state index < -0.39 is 124 Å². The Morgan fingerprint density at radius 3 is 1.28 bits per heavy atom. The van der Waals surface area contributed by atoms with E-state index in [1.807, 2.05) is 0 Å². The Balaban J connectivity index is 1.46. The molecule has 3 fully saturated rings. The third-order valence-corrected chi connectivity index (χ3v) is 15.8. The van der Waals surface area contributed by atoms with Crippen LogP contribution in [0.2, 0.25) is 0 Å². The molecule has 3 rings (SSSR count). The fourth-order valence-electron chi connectivity index (χ4n) is 10.7. The molecule has 0 bridgehead atoms. The first-order valence-corrected chi connectivity index (χ1v) is 30.9. The van der Waals surface area contributed by atoms with Gasteiger partial charge in [-0.1, -0.05) is 199 Å². The van der Waals surface area contributed by atoms with Crippen LogP contribution < -0.4 is 5.32 Å². The molecular formula is C59H111NO18. The maximum absolute atomic E-state index is 13.3. The van der Waals surface area contributed by atoms with E-state index in [1.54, 1.807) is 0 Å². The molecule has 78 heavy (non-hydrogen) atoms. The monoisotopic (exact) mass is 1120 g/mol. The molecule has 3 aliphatic heterocycles. The second kappa shape index (κ2) is 43.2. The maximum atomic E-state index is 13.3. The Bertz CT molecular complexity index is 1480. The quantitative estimate of drug-likeness (QED) is 0.0254. The number of hydrogen-bond donors (Lipinski definition) is 12. The maximum Gasteiger partial charge on any atom is 0.220 e. The number of unbranched alkanes of at least 4 members (excludes halogenated alkanes) is 28. The fraction of sp³-hybridized carbons (Fsp3) is 0.949. The Labute approximate surface area is 467 Å². The fourth-order valence-corrected chi connectivity index (χ4v) is 10.7. The first kappa shape index (κ1) is 70.8. The lowest BCUT2D eigenvalue weighted by molar-refractivity contribution is -0.379. The van der Waals surface area contributed by atoms with Gasteiger partial charge < -0.3 is 89.9 Å². The van der Waals surface area contributed by atoms with Gasteiger partial charge in [0.1, 0.15) is 73.2 Å². The van der Waals surface area contributed by atoms with E-state index >= 15 is 0 Å². The molecule has 1 amide bonds. The normalized spacial score (nSPS) is 30.5. The van der Waals surface area contributed by atoms with Crippen LogP contribution in [0, 0.1) is 0 Å². The molecule has 19 heteroatoms. The average molecular weight is 1120 g/mol. The molecule has 17 unspecified atom stereocenters. The van der Waals surface area contributed by atoms with Crippen molar-refractivity contribution >= 4 is 5.91 Å². The van der Waals surface area contributed by atoms with Gasteiger partial charge in [-0.2, -0.15) is 0 Å². The van der Waals surface area contributed by atoms with Crippen molar-refractivity contribution in [2.24, 2.45) is 0 Å². The summed E-state index contributed by atoms with van der Waals surface area (Å²) in [6.07, 6.45) is 15.9. The van der Waals surface area contributed by atoms with Gasteiger partial charge in [-0.3, -0.25) is 4.79 Å². The van der Waals surface area contributed by atoms with Crippen LogP contribution in [-0.2, 0) is 33.2 Å². The predicted octanol–water partition coefficient (Wildman–Crippen LogP) is 5.77. The molecule has 3 saturated heterocycles. The van der Waals surface area contributed by atoms with Crippen LogP contribution in [0.4, 0.5) is 0 Å². The van der Waals surface area contributed by atoms with Crippen molar-refractivity contribution in [3.63, 3.8) is 0 Å². The van der Waals surface area contributed by atoms with E-state index in [9.17, 15) is 61.0 Å². The molecule has 3 heterocycles. The minimum Gasteiger partial charge on any atom is -0.394 e. The summed E-state index contributed by atoms with van der Waals surface area (Å²) in [7, 11) is 0. The molecule has 0 aromatic heterocycles. The predicted molar refractivity (Wildman–Crippen MR) is 296 cm³/mol. The van der Waals surface area contributed by atoms with Crippen molar-refractivity contribution in [1.29, 1.82) is 0 Å². The number of aliphatic hydroxyl groups is 11. The van der Waals surface area contributed by atoms with E-state index in [0.717, 1.165) is 64.2 Å². The SMILES string of the molecule is CCCC/C=C\CCCCCCCC(=O)NC(COC1OC(CO)C(OC2OC(CO)C(OC3OC(CO)C(O)C(O)C3O)C(O)C2O)C(O)C1O)C(O)CCCCCCCCCCCCCCCCCCCCCCCC. The second-order valence-corrected chi connectivity index (χ2v) is 22.5. The topological polar surface area (TPSA) is 307 Å². The van der Waals surface area contributed by atoms with Crippen molar-refractivity contribution in [2.75, 3.05) is 26.4 Å². The zero-order valence-corrected chi connectivity index (χ0v) is 47.9. The summed E-state index contributed by atoms with van der Waals surface area (Å²) in [6.45, 7) is 1.75. The molecule has 0 aromatic rings. The van der Waals surface area contributed by atoms with Crippen LogP contribution in [-0.4, -0.2) is 193 Å². The first-order chi connectivity index (χ1) is 37.8. The summed E-state index contributed by atoms with van der Waals surface area (Å²) in [5.74, 6) is -0.252. The van der Waals surface area contributed by atoms with E-state index in [4.69, 9.17) is 28.4 Å². The molecule has 460 valence electrons. The van der Waals surface area contributed by atoms with Crippen molar-refractivity contribution in [3.05, 3.63) is 12.2 Å². The molecule has 0 spiro atoms. The number of carbonyl (C=O) groups is 1. The minimum atomic E-state index is -1.97. The van der Waals surface area contributed by atoms with Crippen LogP contribution in [0.3, 0.4) is 0 Å².